The molecule has 1 saturated heterocycles. The third-order valence-electron chi connectivity index (χ3n) is 6.49. The zero-order valence-corrected chi connectivity index (χ0v) is 20.9. The van der Waals surface area contributed by atoms with Gasteiger partial charge in [0.05, 0.1) is 23.7 Å². The van der Waals surface area contributed by atoms with E-state index in [1.807, 2.05) is 30.3 Å². The van der Waals surface area contributed by atoms with Crippen molar-refractivity contribution in [3.05, 3.63) is 64.1 Å². The highest BCUT2D eigenvalue weighted by molar-refractivity contribution is 9.10. The minimum absolute atomic E-state index is 0.00655. The lowest BCUT2D eigenvalue weighted by molar-refractivity contribution is 0.0882. The average Bonchev–Trinajstić information content (AvgIpc) is 3.51. The van der Waals surface area contributed by atoms with Gasteiger partial charge in [-0.05, 0) is 60.1 Å². The molecule has 4 rings (SSSR count). The van der Waals surface area contributed by atoms with Crippen LogP contribution in [0.5, 0.6) is 0 Å². The van der Waals surface area contributed by atoms with Crippen molar-refractivity contribution in [3.8, 4) is 0 Å². The summed E-state index contributed by atoms with van der Waals surface area (Å²) in [5.41, 5.74) is 3.30. The first kappa shape index (κ1) is 22.8. The van der Waals surface area contributed by atoms with Crippen molar-refractivity contribution in [1.82, 2.24) is 0 Å². The molecule has 1 N–H and O–H groups in total. The predicted molar refractivity (Wildman–Crippen MR) is 130 cm³/mol. The molecule has 1 saturated carbocycles. The quantitative estimate of drug-likeness (QED) is 0.637. The number of aliphatic hydroxyl groups is 1. The summed E-state index contributed by atoms with van der Waals surface area (Å²) in [6.45, 7) is 6.55. The van der Waals surface area contributed by atoms with Gasteiger partial charge in [-0.25, -0.2) is 8.42 Å². The van der Waals surface area contributed by atoms with E-state index in [1.54, 1.807) is 0 Å². The highest BCUT2D eigenvalue weighted by atomic mass is 79.9. The fraction of sp³-hybridized carbons (Fsp3) is 0.520. The van der Waals surface area contributed by atoms with Gasteiger partial charge < -0.3 is 10.0 Å². The van der Waals surface area contributed by atoms with E-state index in [2.05, 4.69) is 59.8 Å². The first-order valence-corrected chi connectivity index (χ1v) is 13.7. The molecule has 4 nitrogen and oxygen atoms in total. The Bertz CT molecular complexity index is 1030. The maximum Gasteiger partial charge on any atom is 0.152 e. The first-order chi connectivity index (χ1) is 14.5. The van der Waals surface area contributed by atoms with E-state index in [4.69, 9.17) is 0 Å². The maximum atomic E-state index is 12.9. The smallest absolute Gasteiger partial charge is 0.152 e. The predicted octanol–water partition coefficient (Wildman–Crippen LogP) is 4.73. The molecule has 0 amide bonds. The molecule has 0 aromatic heterocycles. The number of sulfone groups is 1. The van der Waals surface area contributed by atoms with E-state index < -0.39 is 22.0 Å². The van der Waals surface area contributed by atoms with E-state index in [-0.39, 0.29) is 22.8 Å². The van der Waals surface area contributed by atoms with Gasteiger partial charge in [0, 0.05) is 22.1 Å². The number of benzene rings is 2. The molecule has 1 heterocycles. The minimum atomic E-state index is -3.25. The normalized spacial score (nSPS) is 25.9. The van der Waals surface area contributed by atoms with Crippen molar-refractivity contribution in [1.29, 1.82) is 0 Å². The molecule has 31 heavy (non-hydrogen) atoms. The number of aliphatic hydroxyl groups excluding tert-OH is 1. The molecule has 2 aromatic rings. The van der Waals surface area contributed by atoms with Crippen LogP contribution in [0.15, 0.2) is 53.0 Å². The van der Waals surface area contributed by atoms with E-state index in [0.717, 1.165) is 28.6 Å². The number of nitrogens with zero attached hydrogens (tertiary/aromatic N) is 1. The molecular weight excluding hydrogens is 474 g/mol. The Morgan fingerprint density at radius 3 is 2.35 bits per heavy atom. The molecule has 0 spiro atoms. The van der Waals surface area contributed by atoms with Crippen molar-refractivity contribution in [2.45, 2.75) is 63.6 Å². The lowest BCUT2D eigenvalue weighted by Gasteiger charge is -2.43. The largest absolute Gasteiger partial charge is 0.391 e. The molecule has 2 aliphatic rings. The Kier molecular flexibility index (Phi) is 6.27. The molecule has 0 radical (unpaired) electrons. The van der Waals surface area contributed by atoms with E-state index >= 15 is 0 Å². The van der Waals surface area contributed by atoms with E-state index in [1.165, 1.54) is 5.56 Å². The standard InChI is InChI=1S/C25H32BrNO3S/c1-25(2,3)19-5-4-6-22(14-19)27(21-11-12-21)23-16-31(29,30)15-18(24(23)28)13-17-7-9-20(26)10-8-17/h4-10,14,18,21,23-24,28H,11-13,15-16H2,1-3H3/t18-,23+,24-/m1/s1. The number of hydrogen-bond acceptors (Lipinski definition) is 4. The van der Waals surface area contributed by atoms with Gasteiger partial charge in [-0.1, -0.05) is 61.0 Å². The SMILES string of the molecule is CC(C)(C)c1cccc(N(C2CC2)[C@H]2CS(=O)(=O)C[C@@H](Cc3ccc(Br)cc3)[C@H]2O)c1. The van der Waals surface area contributed by atoms with E-state index in [0.29, 0.717) is 12.5 Å². The second-order valence-corrected chi connectivity index (χ2v) is 13.2. The summed E-state index contributed by atoms with van der Waals surface area (Å²) < 4.78 is 26.8. The average molecular weight is 507 g/mol. The van der Waals surface area contributed by atoms with E-state index in [9.17, 15) is 13.5 Å². The van der Waals surface area contributed by atoms with Crippen LogP contribution in [0.2, 0.25) is 0 Å². The van der Waals surface area contributed by atoms with Gasteiger partial charge >= 0.3 is 0 Å². The number of hydrogen-bond donors (Lipinski definition) is 1. The summed E-state index contributed by atoms with van der Waals surface area (Å²) in [7, 11) is -3.25. The fourth-order valence-electron chi connectivity index (χ4n) is 4.67. The molecule has 6 heteroatoms. The van der Waals surface area contributed by atoms with Gasteiger partial charge in [0.15, 0.2) is 9.84 Å². The Balaban J connectivity index is 1.66. The van der Waals surface area contributed by atoms with Gasteiger partial charge in [-0.15, -0.1) is 0 Å². The van der Waals surface area contributed by atoms with Gasteiger partial charge in [0.2, 0.25) is 0 Å². The van der Waals surface area contributed by atoms with Crippen LogP contribution < -0.4 is 4.90 Å². The van der Waals surface area contributed by atoms with Crippen LogP contribution in [0, 0.1) is 5.92 Å². The summed E-state index contributed by atoms with van der Waals surface area (Å²) in [5, 5.41) is 11.4. The molecule has 2 fully saturated rings. The monoisotopic (exact) mass is 505 g/mol. The van der Waals surface area contributed by atoms with Gasteiger partial charge in [0.25, 0.3) is 0 Å². The van der Waals surface area contributed by atoms with Crippen LogP contribution in [-0.2, 0) is 21.7 Å². The van der Waals surface area contributed by atoms with Crippen LogP contribution >= 0.6 is 15.9 Å². The Hall–Kier alpha value is -1.37. The third-order valence-corrected chi connectivity index (χ3v) is 8.80. The van der Waals surface area contributed by atoms with Crippen LogP contribution in [0.3, 0.4) is 0 Å². The van der Waals surface area contributed by atoms with Crippen LogP contribution in [0.1, 0.15) is 44.7 Å². The van der Waals surface area contributed by atoms with Gasteiger partial charge in [0.1, 0.15) is 0 Å². The summed E-state index contributed by atoms with van der Waals surface area (Å²) in [6.07, 6.45) is 1.96. The summed E-state index contributed by atoms with van der Waals surface area (Å²) in [4.78, 5) is 2.21. The van der Waals surface area contributed by atoms with Gasteiger partial charge in [-0.2, -0.15) is 0 Å². The Labute approximate surface area is 194 Å². The van der Waals surface area contributed by atoms with Crippen molar-refractivity contribution in [2.24, 2.45) is 5.92 Å². The summed E-state index contributed by atoms with van der Waals surface area (Å²) in [5.74, 6) is -0.250. The lowest BCUT2D eigenvalue weighted by atomic mass is 9.86. The van der Waals surface area contributed by atoms with Crippen LogP contribution in [-0.4, -0.2) is 43.2 Å². The van der Waals surface area contributed by atoms with Crippen LogP contribution in [0.25, 0.3) is 0 Å². The minimum Gasteiger partial charge on any atom is -0.391 e. The summed E-state index contributed by atoms with van der Waals surface area (Å²) >= 11 is 3.45. The number of rotatable bonds is 5. The highest BCUT2D eigenvalue weighted by Gasteiger charge is 2.46. The Morgan fingerprint density at radius 1 is 1.06 bits per heavy atom. The Morgan fingerprint density at radius 2 is 1.74 bits per heavy atom. The highest BCUT2D eigenvalue weighted by Crippen LogP contribution is 2.39. The van der Waals surface area contributed by atoms with Crippen molar-refractivity contribution in [2.75, 3.05) is 16.4 Å². The van der Waals surface area contributed by atoms with Crippen molar-refractivity contribution >= 4 is 31.5 Å². The molecule has 2 aromatic carbocycles. The topological polar surface area (TPSA) is 57.6 Å². The van der Waals surface area contributed by atoms with Crippen LogP contribution in [0.4, 0.5) is 5.69 Å². The molecular formula is C25H32BrNO3S. The zero-order valence-electron chi connectivity index (χ0n) is 18.5. The molecule has 1 aliphatic heterocycles. The number of anilines is 1. The molecule has 0 unspecified atom stereocenters. The fourth-order valence-corrected chi connectivity index (χ4v) is 6.92. The maximum absolute atomic E-state index is 12.9. The zero-order chi connectivity index (χ0) is 22.4. The molecule has 0 bridgehead atoms. The lowest BCUT2D eigenvalue weighted by Crippen LogP contribution is -2.57. The first-order valence-electron chi connectivity index (χ1n) is 11.1. The van der Waals surface area contributed by atoms with Crippen molar-refractivity contribution < 1.29 is 13.5 Å². The van der Waals surface area contributed by atoms with Gasteiger partial charge in [-0.3, -0.25) is 0 Å². The summed E-state index contributed by atoms with van der Waals surface area (Å²) in [6, 6.07) is 16.2. The second-order valence-electron chi connectivity index (χ2n) is 10.2. The van der Waals surface area contributed by atoms with Crippen molar-refractivity contribution in [3.63, 3.8) is 0 Å². The number of halogens is 1. The molecule has 168 valence electrons. The molecule has 3 atom stereocenters. The third kappa shape index (κ3) is 5.35. The molecule has 1 aliphatic carbocycles. The second kappa shape index (κ2) is 8.53.